The van der Waals surface area contributed by atoms with Crippen LogP contribution >= 0.6 is 17.2 Å². The highest BCUT2D eigenvalue weighted by Crippen LogP contribution is 2.38. The molecule has 0 saturated heterocycles. The van der Waals surface area contributed by atoms with E-state index in [0.29, 0.717) is 17.3 Å². The van der Waals surface area contributed by atoms with E-state index in [-0.39, 0.29) is 34.0 Å². The van der Waals surface area contributed by atoms with Crippen LogP contribution in [0.15, 0.2) is 0 Å². The Balaban J connectivity index is 4.37. The topological polar surface area (TPSA) is 54.4 Å². The fourth-order valence-corrected chi connectivity index (χ4v) is 5.98. The molecule has 0 saturated carbocycles. The van der Waals surface area contributed by atoms with Crippen LogP contribution in [0.3, 0.4) is 0 Å². The van der Waals surface area contributed by atoms with Crippen molar-refractivity contribution < 1.29 is 19.2 Å². The molecular formula is C21H44NO3P2+. The molecule has 4 nitrogen and oxygen atoms in total. The maximum Gasteiger partial charge on any atom is 0.157 e. The lowest BCUT2D eigenvalue weighted by Crippen LogP contribution is -2.48. The number of hydrogen-bond acceptors (Lipinski definition) is 3. The minimum atomic E-state index is -0.699. The van der Waals surface area contributed by atoms with E-state index < -0.39 is 5.85 Å². The molecule has 0 bridgehead atoms. The Morgan fingerprint density at radius 1 is 0.741 bits per heavy atom. The van der Waals surface area contributed by atoms with Gasteiger partial charge in [0.1, 0.15) is 11.6 Å². The van der Waals surface area contributed by atoms with Gasteiger partial charge in [-0.2, -0.15) is 0 Å². The molecule has 160 valence electrons. The first-order chi connectivity index (χ1) is 12.7. The number of nitrogens with zero attached hydrogens (tertiary/aromatic N) is 1. The second-order valence-electron chi connectivity index (χ2n) is 8.47. The molecule has 4 atom stereocenters. The molecule has 0 aliphatic carbocycles. The first-order valence-electron chi connectivity index (χ1n) is 10.8. The van der Waals surface area contributed by atoms with Crippen LogP contribution < -0.4 is 0 Å². The van der Waals surface area contributed by atoms with Crippen molar-refractivity contribution in [3.63, 3.8) is 0 Å². The molecule has 4 unspecified atom stereocenters. The summed E-state index contributed by atoms with van der Waals surface area (Å²) in [4.78, 5) is 24.6. The number of aliphatic hydroxyl groups is 1. The quantitative estimate of drug-likeness (QED) is 0.182. The van der Waals surface area contributed by atoms with Crippen molar-refractivity contribution >= 4 is 28.2 Å². The minimum absolute atomic E-state index is 0.0808. The molecule has 27 heavy (non-hydrogen) atoms. The van der Waals surface area contributed by atoms with Gasteiger partial charge in [-0.05, 0) is 21.4 Å². The van der Waals surface area contributed by atoms with Gasteiger partial charge in [0.2, 0.25) is 0 Å². The fourth-order valence-electron chi connectivity index (χ4n) is 3.03. The smallest absolute Gasteiger partial charge is 0.157 e. The zero-order valence-corrected chi connectivity index (χ0v) is 20.4. The van der Waals surface area contributed by atoms with Gasteiger partial charge in [-0.25, -0.2) is 0 Å². The lowest BCUT2D eigenvalue weighted by atomic mass is 10.1. The third kappa shape index (κ3) is 14.7. The Morgan fingerprint density at radius 2 is 1.15 bits per heavy atom. The number of carbonyl (C=O) groups is 2. The summed E-state index contributed by atoms with van der Waals surface area (Å²) in [7, 11) is 6.01. The SMILES string of the molecule is CCCCCCCC(=O)PC(O)C(PC(=O)CCCCCCC)[N+](C)(C)C. The predicted molar refractivity (Wildman–Crippen MR) is 121 cm³/mol. The number of likely N-dealkylation sites (N-methyl/N-ethyl adjacent to an activating group) is 1. The van der Waals surface area contributed by atoms with Gasteiger partial charge in [0.05, 0.1) is 21.1 Å². The Hall–Kier alpha value is 0.120. The Labute approximate surface area is 171 Å². The normalized spacial score (nSPS) is 15.0. The highest BCUT2D eigenvalue weighted by molar-refractivity contribution is 7.62. The predicted octanol–water partition coefficient (Wildman–Crippen LogP) is 5.47. The maximum atomic E-state index is 12.4. The molecule has 0 aliphatic heterocycles. The van der Waals surface area contributed by atoms with Crippen molar-refractivity contribution in [1.29, 1.82) is 0 Å². The average Bonchev–Trinajstić information content (AvgIpc) is 2.58. The summed E-state index contributed by atoms with van der Waals surface area (Å²) < 4.78 is 0.526. The molecule has 0 aromatic carbocycles. The number of hydrogen-bond donors (Lipinski definition) is 1. The zero-order valence-electron chi connectivity index (χ0n) is 18.4. The van der Waals surface area contributed by atoms with E-state index in [2.05, 4.69) is 13.8 Å². The fraction of sp³-hybridized carbons (Fsp3) is 0.905. The van der Waals surface area contributed by atoms with Crippen LogP contribution in [0.2, 0.25) is 0 Å². The molecule has 0 spiro atoms. The monoisotopic (exact) mass is 420 g/mol. The third-order valence-electron chi connectivity index (χ3n) is 4.77. The summed E-state index contributed by atoms with van der Waals surface area (Å²) in [5, 5.41) is 10.7. The summed E-state index contributed by atoms with van der Waals surface area (Å²) in [5.41, 5.74) is 0.412. The Kier molecular flexibility index (Phi) is 16.0. The Bertz CT molecular complexity index is 411. The van der Waals surface area contributed by atoms with Crippen molar-refractivity contribution in [3.8, 4) is 0 Å². The largest absolute Gasteiger partial charge is 0.382 e. The van der Waals surface area contributed by atoms with Crippen molar-refractivity contribution in [3.05, 3.63) is 0 Å². The van der Waals surface area contributed by atoms with Gasteiger partial charge in [-0.3, -0.25) is 9.59 Å². The second-order valence-corrected chi connectivity index (χ2v) is 11.3. The number of rotatable bonds is 18. The molecule has 0 fully saturated rings. The minimum Gasteiger partial charge on any atom is -0.382 e. The van der Waals surface area contributed by atoms with E-state index in [0.717, 1.165) is 25.7 Å². The summed E-state index contributed by atoms with van der Waals surface area (Å²) in [6, 6.07) is 0. The van der Waals surface area contributed by atoms with E-state index >= 15 is 0 Å². The van der Waals surface area contributed by atoms with E-state index in [9.17, 15) is 14.7 Å². The number of unbranched alkanes of at least 4 members (excludes halogenated alkanes) is 8. The van der Waals surface area contributed by atoms with E-state index in [1.54, 1.807) is 0 Å². The average molecular weight is 421 g/mol. The van der Waals surface area contributed by atoms with Crippen LogP contribution in [0.25, 0.3) is 0 Å². The highest BCUT2D eigenvalue weighted by Gasteiger charge is 2.34. The van der Waals surface area contributed by atoms with Gasteiger partial charge in [-0.1, -0.05) is 65.2 Å². The van der Waals surface area contributed by atoms with Crippen molar-refractivity contribution in [2.75, 3.05) is 21.1 Å². The van der Waals surface area contributed by atoms with E-state index in [1.165, 1.54) is 38.5 Å². The summed E-state index contributed by atoms with van der Waals surface area (Å²) in [6.45, 7) is 4.37. The number of quaternary nitrogens is 1. The summed E-state index contributed by atoms with van der Waals surface area (Å²) in [6.07, 6.45) is 12.5. The molecule has 0 rings (SSSR count). The summed E-state index contributed by atoms with van der Waals surface area (Å²) in [5.74, 6) is -0.869. The van der Waals surface area contributed by atoms with E-state index in [1.807, 2.05) is 21.1 Å². The first kappa shape index (κ1) is 27.1. The van der Waals surface area contributed by atoms with Crippen LogP contribution in [-0.2, 0) is 9.59 Å². The molecular weight excluding hydrogens is 376 g/mol. The highest BCUT2D eigenvalue weighted by atomic mass is 31.1. The van der Waals surface area contributed by atoms with Gasteiger partial charge in [0.25, 0.3) is 0 Å². The molecule has 0 aromatic rings. The second kappa shape index (κ2) is 16.0. The van der Waals surface area contributed by atoms with Crippen LogP contribution in [0.5, 0.6) is 0 Å². The molecule has 6 heteroatoms. The lowest BCUT2D eigenvalue weighted by molar-refractivity contribution is -0.883. The van der Waals surface area contributed by atoms with Crippen molar-refractivity contribution in [2.24, 2.45) is 0 Å². The van der Waals surface area contributed by atoms with Gasteiger partial charge in [0.15, 0.2) is 11.0 Å². The molecule has 0 aromatic heterocycles. The summed E-state index contributed by atoms with van der Waals surface area (Å²) >= 11 is 0. The van der Waals surface area contributed by atoms with Crippen LogP contribution in [0.1, 0.15) is 90.9 Å². The van der Waals surface area contributed by atoms with Crippen LogP contribution in [-0.4, -0.2) is 53.4 Å². The van der Waals surface area contributed by atoms with Crippen molar-refractivity contribution in [2.45, 2.75) is 103 Å². The molecule has 0 heterocycles. The zero-order chi connectivity index (χ0) is 20.7. The van der Waals surface area contributed by atoms with E-state index in [4.69, 9.17) is 0 Å². The van der Waals surface area contributed by atoms with Crippen LogP contribution in [0.4, 0.5) is 0 Å². The van der Waals surface area contributed by atoms with Crippen LogP contribution in [0, 0.1) is 0 Å². The van der Waals surface area contributed by atoms with Gasteiger partial charge < -0.3 is 9.59 Å². The van der Waals surface area contributed by atoms with Gasteiger partial charge >= 0.3 is 0 Å². The van der Waals surface area contributed by atoms with Gasteiger partial charge in [0, 0.05) is 21.4 Å². The lowest BCUT2D eigenvalue weighted by Gasteiger charge is -2.36. The third-order valence-corrected chi connectivity index (χ3v) is 8.24. The maximum absolute atomic E-state index is 12.4. The number of carbonyl (C=O) groups excluding carboxylic acids is 2. The number of aliphatic hydroxyl groups excluding tert-OH is 1. The Morgan fingerprint density at radius 3 is 1.56 bits per heavy atom. The van der Waals surface area contributed by atoms with Gasteiger partial charge in [-0.15, -0.1) is 0 Å². The molecule has 0 aliphatic rings. The van der Waals surface area contributed by atoms with Crippen molar-refractivity contribution in [1.82, 2.24) is 0 Å². The molecule has 0 radical (unpaired) electrons. The first-order valence-corrected chi connectivity index (χ1v) is 13.0. The molecule has 0 amide bonds. The standard InChI is InChI=1S/C21H44NO3P2/c1-6-8-10-12-14-16-18(23)26-20(22(3,4)5)21(25)27-19(24)17-15-13-11-9-7-2/h20-21,25-27H,6-17H2,1-5H3/q+1. The molecule has 1 N–H and O–H groups in total.